The van der Waals surface area contributed by atoms with E-state index in [4.69, 9.17) is 23.7 Å². The number of rotatable bonds is 5. The average molecular weight is 258 g/mol. The van der Waals surface area contributed by atoms with Crippen molar-refractivity contribution < 1.29 is 23.7 Å². The third kappa shape index (κ3) is 2.42. The summed E-state index contributed by atoms with van der Waals surface area (Å²) < 4.78 is 28.0. The van der Waals surface area contributed by atoms with Gasteiger partial charge in [0.15, 0.2) is 0 Å². The molecule has 104 valence electrons. The number of fused-ring (bicyclic) bond motifs is 3. The minimum atomic E-state index is -0.824. The predicted octanol–water partition coefficient (Wildman–Crippen LogP) is 1.31. The molecule has 0 aliphatic carbocycles. The molecular formula is C13H22O5. The summed E-state index contributed by atoms with van der Waals surface area (Å²) in [5.74, 6) is -0.824. The third-order valence-electron chi connectivity index (χ3n) is 4.19. The molecule has 4 heterocycles. The molecule has 1 unspecified atom stereocenters. The Morgan fingerprint density at radius 2 is 1.61 bits per heavy atom. The molecule has 1 atom stereocenters. The fraction of sp³-hybridized carbons (Fsp3) is 1.00. The Morgan fingerprint density at radius 3 is 2.11 bits per heavy atom. The van der Waals surface area contributed by atoms with Gasteiger partial charge in [-0.15, -0.1) is 0 Å². The highest BCUT2D eigenvalue weighted by atomic mass is 16.9. The lowest BCUT2D eigenvalue weighted by atomic mass is 9.90. The molecule has 0 N–H and O–H groups in total. The van der Waals surface area contributed by atoms with Gasteiger partial charge in [0.25, 0.3) is 5.97 Å². The van der Waals surface area contributed by atoms with Crippen LogP contribution in [0.4, 0.5) is 0 Å². The van der Waals surface area contributed by atoms with Crippen LogP contribution in [0.5, 0.6) is 0 Å². The normalized spacial score (nSPS) is 47.0. The molecule has 2 bridgehead atoms. The van der Waals surface area contributed by atoms with Gasteiger partial charge in [-0.2, -0.15) is 0 Å². The maximum absolute atomic E-state index is 5.78. The van der Waals surface area contributed by atoms with Crippen LogP contribution in [0.3, 0.4) is 0 Å². The molecule has 0 saturated carbocycles. The van der Waals surface area contributed by atoms with Crippen LogP contribution in [0, 0.1) is 5.41 Å². The quantitative estimate of drug-likeness (QED) is 0.696. The molecule has 0 aromatic rings. The van der Waals surface area contributed by atoms with Gasteiger partial charge in [-0.25, -0.2) is 0 Å². The Labute approximate surface area is 108 Å². The smallest absolute Gasteiger partial charge is 0.279 e. The summed E-state index contributed by atoms with van der Waals surface area (Å²) in [6, 6.07) is 0. The van der Waals surface area contributed by atoms with E-state index in [9.17, 15) is 0 Å². The van der Waals surface area contributed by atoms with Gasteiger partial charge in [0.2, 0.25) is 0 Å². The van der Waals surface area contributed by atoms with Crippen LogP contribution in [-0.2, 0) is 23.7 Å². The van der Waals surface area contributed by atoms with Crippen molar-refractivity contribution >= 4 is 0 Å². The van der Waals surface area contributed by atoms with Crippen molar-refractivity contribution in [1.29, 1.82) is 0 Å². The molecule has 0 spiro atoms. The number of hydrogen-bond donors (Lipinski definition) is 0. The van der Waals surface area contributed by atoms with Crippen molar-refractivity contribution in [2.45, 2.75) is 38.3 Å². The van der Waals surface area contributed by atoms with E-state index < -0.39 is 5.97 Å². The molecule has 4 aliphatic rings. The molecule has 0 aromatic heterocycles. The summed E-state index contributed by atoms with van der Waals surface area (Å²) in [5.41, 5.74) is -0.0853. The zero-order valence-corrected chi connectivity index (χ0v) is 11.2. The van der Waals surface area contributed by atoms with E-state index in [0.717, 1.165) is 26.1 Å². The van der Waals surface area contributed by atoms with Crippen LogP contribution in [0.25, 0.3) is 0 Å². The number of ether oxygens (including phenoxy) is 5. The first-order valence-corrected chi connectivity index (χ1v) is 6.67. The van der Waals surface area contributed by atoms with Crippen LogP contribution in [0.1, 0.15) is 26.7 Å². The highest BCUT2D eigenvalue weighted by Gasteiger charge is 2.50. The van der Waals surface area contributed by atoms with Gasteiger partial charge in [0, 0.05) is 13.5 Å². The molecule has 0 amide bonds. The maximum Gasteiger partial charge on any atom is 0.279 e. The topological polar surface area (TPSA) is 46.2 Å². The van der Waals surface area contributed by atoms with Gasteiger partial charge in [-0.3, -0.25) is 0 Å². The van der Waals surface area contributed by atoms with Gasteiger partial charge in [-0.05, 0) is 19.8 Å². The molecule has 4 rings (SSSR count). The minimum Gasteiger partial charge on any atom is -0.380 e. The van der Waals surface area contributed by atoms with Crippen molar-refractivity contribution in [2.24, 2.45) is 5.41 Å². The SMILES string of the molecule is CC1(CCOCC23COC(C)(OC2)OC3)CCO1. The lowest BCUT2D eigenvalue weighted by Crippen LogP contribution is -2.60. The molecule has 5 nitrogen and oxygen atoms in total. The van der Waals surface area contributed by atoms with E-state index in [-0.39, 0.29) is 11.0 Å². The fourth-order valence-electron chi connectivity index (χ4n) is 2.45. The predicted molar refractivity (Wildman–Crippen MR) is 63.1 cm³/mol. The van der Waals surface area contributed by atoms with E-state index in [2.05, 4.69) is 6.92 Å². The molecule has 4 aliphatic heterocycles. The van der Waals surface area contributed by atoms with E-state index in [0.29, 0.717) is 26.4 Å². The van der Waals surface area contributed by atoms with Crippen molar-refractivity contribution in [3.63, 3.8) is 0 Å². The molecule has 5 heteroatoms. The number of hydrogen-bond acceptors (Lipinski definition) is 5. The fourth-order valence-corrected chi connectivity index (χ4v) is 2.45. The zero-order valence-electron chi connectivity index (χ0n) is 11.2. The highest BCUT2D eigenvalue weighted by Crippen LogP contribution is 2.38. The van der Waals surface area contributed by atoms with Crippen LogP contribution in [0.15, 0.2) is 0 Å². The van der Waals surface area contributed by atoms with Crippen LogP contribution < -0.4 is 0 Å². The Hall–Kier alpha value is -0.200. The minimum absolute atomic E-state index is 0.0405. The van der Waals surface area contributed by atoms with Crippen LogP contribution in [0.2, 0.25) is 0 Å². The summed E-state index contributed by atoms with van der Waals surface area (Å²) in [6.45, 7) is 8.13. The second-order valence-electron chi connectivity index (χ2n) is 6.08. The largest absolute Gasteiger partial charge is 0.380 e. The summed E-state index contributed by atoms with van der Waals surface area (Å²) in [4.78, 5) is 0. The summed E-state index contributed by atoms with van der Waals surface area (Å²) >= 11 is 0. The second kappa shape index (κ2) is 4.42. The first kappa shape index (κ1) is 12.8. The molecule has 0 radical (unpaired) electrons. The van der Waals surface area contributed by atoms with Crippen molar-refractivity contribution in [1.82, 2.24) is 0 Å². The Morgan fingerprint density at radius 1 is 1.00 bits per heavy atom. The van der Waals surface area contributed by atoms with Crippen molar-refractivity contribution in [2.75, 3.05) is 39.6 Å². The average Bonchev–Trinajstić information content (AvgIpc) is 2.35. The van der Waals surface area contributed by atoms with Gasteiger partial charge in [-0.1, -0.05) is 0 Å². The van der Waals surface area contributed by atoms with Gasteiger partial charge >= 0.3 is 0 Å². The molecule has 4 fully saturated rings. The molecule has 18 heavy (non-hydrogen) atoms. The van der Waals surface area contributed by atoms with Crippen LogP contribution in [-0.4, -0.2) is 51.2 Å². The van der Waals surface area contributed by atoms with Crippen molar-refractivity contribution in [3.8, 4) is 0 Å². The van der Waals surface area contributed by atoms with E-state index in [1.165, 1.54) is 0 Å². The van der Waals surface area contributed by atoms with E-state index in [1.807, 2.05) is 6.92 Å². The van der Waals surface area contributed by atoms with Crippen LogP contribution >= 0.6 is 0 Å². The summed E-state index contributed by atoms with van der Waals surface area (Å²) in [6.07, 6.45) is 2.08. The first-order valence-electron chi connectivity index (χ1n) is 6.67. The molecule has 0 aromatic carbocycles. The highest BCUT2D eigenvalue weighted by molar-refractivity contribution is 4.87. The lowest BCUT2D eigenvalue weighted by Gasteiger charge is -2.50. The second-order valence-corrected chi connectivity index (χ2v) is 6.08. The molecular weight excluding hydrogens is 236 g/mol. The van der Waals surface area contributed by atoms with Gasteiger partial charge < -0.3 is 23.7 Å². The monoisotopic (exact) mass is 258 g/mol. The first-order chi connectivity index (χ1) is 8.54. The Bertz CT molecular complexity index is 288. The summed E-state index contributed by atoms with van der Waals surface area (Å²) in [5, 5.41) is 0. The van der Waals surface area contributed by atoms with Gasteiger partial charge in [0.1, 0.15) is 0 Å². The van der Waals surface area contributed by atoms with Gasteiger partial charge in [0.05, 0.1) is 44.1 Å². The summed E-state index contributed by atoms with van der Waals surface area (Å²) in [7, 11) is 0. The standard InChI is InChI=1S/C13H22O5/c1-11(4-6-15-11)3-5-14-7-13-8-16-12(2,17-9-13)18-10-13/h3-10H2,1-2H3. The lowest BCUT2D eigenvalue weighted by molar-refractivity contribution is -0.462. The maximum atomic E-state index is 5.78. The van der Waals surface area contributed by atoms with E-state index in [1.54, 1.807) is 0 Å². The Kier molecular flexibility index (Phi) is 3.15. The third-order valence-corrected chi connectivity index (χ3v) is 4.19. The van der Waals surface area contributed by atoms with Crippen molar-refractivity contribution in [3.05, 3.63) is 0 Å². The van der Waals surface area contributed by atoms with E-state index >= 15 is 0 Å². The Balaban J connectivity index is 1.40. The zero-order chi connectivity index (χ0) is 12.7. The molecule has 4 saturated heterocycles.